The van der Waals surface area contributed by atoms with E-state index in [0.717, 1.165) is 34.4 Å². The second-order valence-corrected chi connectivity index (χ2v) is 8.23. The minimum atomic E-state index is -0.510. The fourth-order valence-corrected chi connectivity index (χ4v) is 3.88. The molecule has 0 fully saturated rings. The number of nitrogens with one attached hydrogen (secondary N) is 1. The lowest BCUT2D eigenvalue weighted by atomic mass is 10.1. The smallest absolute Gasteiger partial charge is 0.316 e. The highest BCUT2D eigenvalue weighted by molar-refractivity contribution is 8.00. The summed E-state index contributed by atoms with van der Waals surface area (Å²) in [5, 5.41) is 2.78. The Hall–Kier alpha value is -2.54. The molecule has 0 spiro atoms. The highest BCUT2D eigenvalue weighted by Crippen LogP contribution is 2.20. The van der Waals surface area contributed by atoms with Crippen LogP contribution in [0.15, 0.2) is 30.3 Å². The van der Waals surface area contributed by atoms with E-state index in [0.29, 0.717) is 5.56 Å². The molecule has 0 radical (unpaired) electrons. The number of aromatic nitrogens is 1. The van der Waals surface area contributed by atoms with E-state index >= 15 is 0 Å². The van der Waals surface area contributed by atoms with Gasteiger partial charge in [-0.05, 0) is 58.4 Å². The SMILES string of the molecule is Cc1cccc(NC(=O)CSCC(=O)OCC(=O)c2cc(C)n(C(C)C)c2C)c1. The van der Waals surface area contributed by atoms with Crippen LogP contribution in [0.2, 0.25) is 0 Å². The standard InChI is InChI=1S/C22H28N2O4S/c1-14(2)24-16(4)10-19(17(24)5)20(25)11-28-22(27)13-29-12-21(26)23-18-8-6-7-15(3)9-18/h6-10,14H,11-13H2,1-5H3,(H,23,26). The number of Topliss-reactive ketones (excluding diaryl/α,β-unsaturated/α-hetero) is 1. The number of carbonyl (C=O) groups is 3. The summed E-state index contributed by atoms with van der Waals surface area (Å²) in [6.45, 7) is 9.61. The molecule has 29 heavy (non-hydrogen) atoms. The Balaban J connectivity index is 1.75. The predicted octanol–water partition coefficient (Wildman–Crippen LogP) is 4.09. The molecule has 0 bridgehead atoms. The molecule has 0 unspecified atom stereocenters. The molecular formula is C22H28N2O4S. The van der Waals surface area contributed by atoms with Gasteiger partial charge in [0, 0.05) is 28.7 Å². The summed E-state index contributed by atoms with van der Waals surface area (Å²) in [5.74, 6) is -0.776. The molecule has 1 heterocycles. The van der Waals surface area contributed by atoms with E-state index in [1.165, 1.54) is 0 Å². The first-order valence-corrected chi connectivity index (χ1v) is 10.7. The molecule has 2 aromatic rings. The third-order valence-electron chi connectivity index (χ3n) is 4.42. The summed E-state index contributed by atoms with van der Waals surface area (Å²) >= 11 is 1.15. The van der Waals surface area contributed by atoms with Gasteiger partial charge in [0.05, 0.1) is 11.5 Å². The molecule has 1 N–H and O–H groups in total. The summed E-state index contributed by atoms with van der Waals surface area (Å²) in [6.07, 6.45) is 0. The van der Waals surface area contributed by atoms with Crippen molar-refractivity contribution in [3.8, 4) is 0 Å². The number of nitrogens with zero attached hydrogens (tertiary/aromatic N) is 1. The highest BCUT2D eigenvalue weighted by atomic mass is 32.2. The number of hydrogen-bond acceptors (Lipinski definition) is 5. The van der Waals surface area contributed by atoms with Gasteiger partial charge in [-0.2, -0.15) is 0 Å². The quantitative estimate of drug-likeness (QED) is 0.492. The zero-order chi connectivity index (χ0) is 21.6. The van der Waals surface area contributed by atoms with Crippen LogP contribution in [0.4, 0.5) is 5.69 Å². The maximum absolute atomic E-state index is 12.4. The van der Waals surface area contributed by atoms with Crippen molar-refractivity contribution in [3.05, 3.63) is 52.8 Å². The van der Waals surface area contributed by atoms with Crippen LogP contribution in [0.5, 0.6) is 0 Å². The molecule has 0 saturated heterocycles. The summed E-state index contributed by atoms with van der Waals surface area (Å²) < 4.78 is 7.17. The average Bonchev–Trinajstić information content (AvgIpc) is 2.94. The fraction of sp³-hybridized carbons (Fsp3) is 0.409. The van der Waals surface area contributed by atoms with E-state index in [-0.39, 0.29) is 35.8 Å². The topological polar surface area (TPSA) is 77.4 Å². The van der Waals surface area contributed by atoms with E-state index < -0.39 is 5.97 Å². The summed E-state index contributed by atoms with van der Waals surface area (Å²) in [7, 11) is 0. The van der Waals surface area contributed by atoms with Crippen molar-refractivity contribution >= 4 is 35.1 Å². The van der Waals surface area contributed by atoms with Gasteiger partial charge < -0.3 is 14.6 Å². The number of benzene rings is 1. The molecule has 1 amide bonds. The number of ether oxygens (including phenoxy) is 1. The molecule has 6 nitrogen and oxygen atoms in total. The van der Waals surface area contributed by atoms with Gasteiger partial charge in [-0.3, -0.25) is 14.4 Å². The normalized spacial score (nSPS) is 10.8. The van der Waals surface area contributed by atoms with Crippen molar-refractivity contribution in [3.63, 3.8) is 0 Å². The summed E-state index contributed by atoms with van der Waals surface area (Å²) in [4.78, 5) is 36.2. The number of ketones is 1. The fourth-order valence-electron chi connectivity index (χ4n) is 3.27. The van der Waals surface area contributed by atoms with E-state index in [2.05, 4.69) is 23.7 Å². The summed E-state index contributed by atoms with van der Waals surface area (Å²) in [6, 6.07) is 9.58. The lowest BCUT2D eigenvalue weighted by Gasteiger charge is -2.13. The number of thioether (sulfide) groups is 1. The molecule has 7 heteroatoms. The Morgan fingerprint density at radius 3 is 2.45 bits per heavy atom. The van der Waals surface area contributed by atoms with Crippen molar-refractivity contribution in [2.75, 3.05) is 23.4 Å². The number of esters is 1. The number of anilines is 1. The van der Waals surface area contributed by atoms with Gasteiger partial charge in [0.15, 0.2) is 6.61 Å². The van der Waals surface area contributed by atoms with E-state index in [9.17, 15) is 14.4 Å². The van der Waals surface area contributed by atoms with Crippen molar-refractivity contribution in [1.82, 2.24) is 4.57 Å². The largest absolute Gasteiger partial charge is 0.457 e. The Bertz CT molecular complexity index is 902. The van der Waals surface area contributed by atoms with Gasteiger partial charge in [0.1, 0.15) is 0 Å². The van der Waals surface area contributed by atoms with Crippen LogP contribution < -0.4 is 5.32 Å². The molecule has 1 aromatic carbocycles. The number of aryl methyl sites for hydroxylation is 2. The first-order valence-electron chi connectivity index (χ1n) is 9.50. The zero-order valence-corrected chi connectivity index (χ0v) is 18.4. The lowest BCUT2D eigenvalue weighted by Crippen LogP contribution is -2.18. The van der Waals surface area contributed by atoms with Gasteiger partial charge in [-0.25, -0.2) is 0 Å². The maximum Gasteiger partial charge on any atom is 0.316 e. The van der Waals surface area contributed by atoms with Crippen LogP contribution in [0.3, 0.4) is 0 Å². The van der Waals surface area contributed by atoms with Crippen LogP contribution in [0, 0.1) is 20.8 Å². The minimum Gasteiger partial charge on any atom is -0.457 e. The van der Waals surface area contributed by atoms with Crippen molar-refractivity contribution < 1.29 is 19.1 Å². The highest BCUT2D eigenvalue weighted by Gasteiger charge is 2.18. The molecule has 0 saturated carbocycles. The lowest BCUT2D eigenvalue weighted by molar-refractivity contribution is -0.139. The monoisotopic (exact) mass is 416 g/mol. The predicted molar refractivity (Wildman–Crippen MR) is 117 cm³/mol. The van der Waals surface area contributed by atoms with Crippen molar-refractivity contribution in [1.29, 1.82) is 0 Å². The second kappa shape index (κ2) is 10.3. The van der Waals surface area contributed by atoms with Gasteiger partial charge in [0.25, 0.3) is 0 Å². The molecular weight excluding hydrogens is 388 g/mol. The van der Waals surface area contributed by atoms with E-state index in [1.807, 2.05) is 51.1 Å². The number of rotatable bonds is 9. The molecule has 156 valence electrons. The zero-order valence-electron chi connectivity index (χ0n) is 17.6. The Morgan fingerprint density at radius 2 is 1.83 bits per heavy atom. The summed E-state index contributed by atoms with van der Waals surface area (Å²) in [5.41, 5.74) is 4.23. The van der Waals surface area contributed by atoms with Crippen molar-refractivity contribution in [2.45, 2.75) is 40.7 Å². The Kier molecular flexibility index (Phi) is 8.08. The molecule has 0 aliphatic rings. The number of hydrogen-bond donors (Lipinski definition) is 1. The first-order chi connectivity index (χ1) is 13.7. The Morgan fingerprint density at radius 1 is 1.10 bits per heavy atom. The maximum atomic E-state index is 12.4. The van der Waals surface area contributed by atoms with Gasteiger partial charge >= 0.3 is 5.97 Å². The molecule has 0 aliphatic heterocycles. The molecule has 0 aliphatic carbocycles. The third kappa shape index (κ3) is 6.49. The van der Waals surface area contributed by atoms with Crippen molar-refractivity contribution in [2.24, 2.45) is 0 Å². The van der Waals surface area contributed by atoms with Crippen LogP contribution >= 0.6 is 11.8 Å². The van der Waals surface area contributed by atoms with Gasteiger partial charge in [-0.1, -0.05) is 12.1 Å². The molecule has 1 aromatic heterocycles. The van der Waals surface area contributed by atoms with Gasteiger partial charge in [0.2, 0.25) is 11.7 Å². The van der Waals surface area contributed by atoms with Crippen LogP contribution in [-0.4, -0.2) is 40.3 Å². The second-order valence-electron chi connectivity index (χ2n) is 7.24. The number of carbonyl (C=O) groups excluding carboxylic acids is 3. The van der Waals surface area contributed by atoms with E-state index in [4.69, 9.17) is 4.74 Å². The van der Waals surface area contributed by atoms with Crippen LogP contribution in [-0.2, 0) is 14.3 Å². The van der Waals surface area contributed by atoms with Crippen LogP contribution in [0.1, 0.15) is 47.2 Å². The third-order valence-corrected chi connectivity index (χ3v) is 5.33. The average molecular weight is 417 g/mol. The first kappa shape index (κ1) is 22.7. The van der Waals surface area contributed by atoms with Gasteiger partial charge in [-0.15, -0.1) is 11.8 Å². The minimum absolute atomic E-state index is 0.0134. The molecule has 0 atom stereocenters. The number of amides is 1. The van der Waals surface area contributed by atoms with E-state index in [1.54, 1.807) is 0 Å². The Labute approximate surface area is 176 Å². The van der Waals surface area contributed by atoms with Crippen LogP contribution in [0.25, 0.3) is 0 Å². The molecule has 2 rings (SSSR count).